The van der Waals surface area contributed by atoms with E-state index in [1.165, 1.54) is 41.0 Å². The van der Waals surface area contributed by atoms with E-state index < -0.39 is 23.8 Å². The molecule has 2 heterocycles. The SMILES string of the molecule is CC[C@H](OC(=O)c1ccc(Cn2ccccc2=O)o1)C(=O)Nc1ccc(F)cc1. The Bertz CT molecular complexity index is 1060. The van der Waals surface area contributed by atoms with E-state index in [1.54, 1.807) is 31.3 Å². The van der Waals surface area contributed by atoms with Gasteiger partial charge >= 0.3 is 5.97 Å². The van der Waals surface area contributed by atoms with Crippen LogP contribution < -0.4 is 10.9 Å². The normalized spacial score (nSPS) is 11.7. The number of amides is 1. The van der Waals surface area contributed by atoms with E-state index in [0.717, 1.165) is 0 Å². The van der Waals surface area contributed by atoms with Gasteiger partial charge < -0.3 is 19.0 Å². The third-order valence-electron chi connectivity index (χ3n) is 4.11. The summed E-state index contributed by atoms with van der Waals surface area (Å²) in [7, 11) is 0. The number of nitrogens with zero attached hydrogens (tertiary/aromatic N) is 1. The van der Waals surface area contributed by atoms with Crippen molar-refractivity contribution in [2.24, 2.45) is 0 Å². The topological polar surface area (TPSA) is 90.5 Å². The summed E-state index contributed by atoms with van der Waals surface area (Å²) in [6.45, 7) is 1.85. The van der Waals surface area contributed by atoms with Crippen molar-refractivity contribution < 1.29 is 23.1 Å². The van der Waals surface area contributed by atoms with Gasteiger partial charge in [0.25, 0.3) is 11.5 Å². The molecular formula is C21H19FN2O5. The average Bonchev–Trinajstić information content (AvgIpc) is 3.18. The van der Waals surface area contributed by atoms with Crippen molar-refractivity contribution in [3.05, 3.63) is 88.5 Å². The van der Waals surface area contributed by atoms with E-state index in [0.29, 0.717) is 11.4 Å². The monoisotopic (exact) mass is 398 g/mol. The lowest BCUT2D eigenvalue weighted by Crippen LogP contribution is -2.32. The predicted octanol–water partition coefficient (Wildman–Crippen LogP) is 3.20. The van der Waals surface area contributed by atoms with Gasteiger partial charge in [0.1, 0.15) is 11.6 Å². The van der Waals surface area contributed by atoms with E-state index in [9.17, 15) is 18.8 Å². The lowest BCUT2D eigenvalue weighted by atomic mass is 10.2. The number of hydrogen-bond acceptors (Lipinski definition) is 5. The fourth-order valence-corrected chi connectivity index (χ4v) is 2.60. The highest BCUT2D eigenvalue weighted by molar-refractivity contribution is 5.96. The fraction of sp³-hybridized carbons (Fsp3) is 0.190. The second kappa shape index (κ2) is 9.01. The number of anilines is 1. The quantitative estimate of drug-likeness (QED) is 0.617. The summed E-state index contributed by atoms with van der Waals surface area (Å²) in [5, 5.41) is 2.57. The highest BCUT2D eigenvalue weighted by Crippen LogP contribution is 2.14. The standard InChI is InChI=1S/C21H19FN2O5/c1-2-17(20(26)23-15-8-6-14(22)7-9-15)29-21(27)18-11-10-16(28-18)13-24-12-4-3-5-19(24)25/h3-12,17H,2,13H2,1H3,(H,23,26)/t17-/m0/s1. The van der Waals surface area contributed by atoms with Crippen LogP contribution in [0.1, 0.15) is 29.7 Å². The van der Waals surface area contributed by atoms with Crippen LogP contribution in [-0.4, -0.2) is 22.5 Å². The summed E-state index contributed by atoms with van der Waals surface area (Å²) in [5.41, 5.74) is 0.191. The van der Waals surface area contributed by atoms with Gasteiger partial charge in [0.2, 0.25) is 5.76 Å². The molecule has 0 aliphatic rings. The fourth-order valence-electron chi connectivity index (χ4n) is 2.60. The van der Waals surface area contributed by atoms with E-state index in [-0.39, 0.29) is 24.3 Å². The number of carbonyl (C=O) groups is 2. The van der Waals surface area contributed by atoms with Gasteiger partial charge in [0.05, 0.1) is 6.54 Å². The molecule has 0 fully saturated rings. The maximum Gasteiger partial charge on any atom is 0.375 e. The molecule has 0 saturated carbocycles. The highest BCUT2D eigenvalue weighted by atomic mass is 19.1. The number of furan rings is 1. The molecule has 7 nitrogen and oxygen atoms in total. The Hall–Kier alpha value is -3.68. The molecule has 0 bridgehead atoms. The third-order valence-corrected chi connectivity index (χ3v) is 4.11. The number of aromatic nitrogens is 1. The second-order valence-corrected chi connectivity index (χ2v) is 6.23. The minimum absolute atomic E-state index is 0.0722. The van der Waals surface area contributed by atoms with Gasteiger partial charge in [-0.3, -0.25) is 9.59 Å². The van der Waals surface area contributed by atoms with E-state index in [1.807, 2.05) is 0 Å². The predicted molar refractivity (Wildman–Crippen MR) is 103 cm³/mol. The van der Waals surface area contributed by atoms with Crippen LogP contribution in [0.15, 0.2) is 70.0 Å². The Balaban J connectivity index is 1.63. The van der Waals surface area contributed by atoms with Crippen LogP contribution in [-0.2, 0) is 16.1 Å². The van der Waals surface area contributed by atoms with Crippen LogP contribution in [0.25, 0.3) is 0 Å². The zero-order valence-electron chi connectivity index (χ0n) is 15.6. The lowest BCUT2D eigenvalue weighted by Gasteiger charge is -2.15. The molecule has 0 spiro atoms. The summed E-state index contributed by atoms with van der Waals surface area (Å²) >= 11 is 0. The van der Waals surface area contributed by atoms with Gasteiger partial charge in [0.15, 0.2) is 6.10 Å². The van der Waals surface area contributed by atoms with Gasteiger partial charge in [-0.1, -0.05) is 13.0 Å². The molecule has 0 saturated heterocycles. The van der Waals surface area contributed by atoms with Crippen molar-refractivity contribution in [1.29, 1.82) is 0 Å². The van der Waals surface area contributed by atoms with Crippen molar-refractivity contribution in [3.63, 3.8) is 0 Å². The van der Waals surface area contributed by atoms with Gasteiger partial charge in [-0.15, -0.1) is 0 Å². The Morgan fingerprint density at radius 2 is 1.90 bits per heavy atom. The van der Waals surface area contributed by atoms with Gasteiger partial charge in [-0.2, -0.15) is 0 Å². The minimum atomic E-state index is -1.04. The Morgan fingerprint density at radius 3 is 2.59 bits per heavy atom. The average molecular weight is 398 g/mol. The maximum absolute atomic E-state index is 13.0. The molecule has 29 heavy (non-hydrogen) atoms. The van der Waals surface area contributed by atoms with Crippen LogP contribution in [0.5, 0.6) is 0 Å². The first-order valence-electron chi connectivity index (χ1n) is 8.98. The molecule has 1 aromatic carbocycles. The molecule has 2 aromatic heterocycles. The summed E-state index contributed by atoms with van der Waals surface area (Å²) in [4.78, 5) is 36.4. The van der Waals surface area contributed by atoms with Crippen LogP contribution >= 0.6 is 0 Å². The smallest absolute Gasteiger partial charge is 0.375 e. The van der Waals surface area contributed by atoms with Crippen LogP contribution in [0.2, 0.25) is 0 Å². The highest BCUT2D eigenvalue weighted by Gasteiger charge is 2.24. The Kier molecular flexibility index (Phi) is 6.23. The van der Waals surface area contributed by atoms with Crippen LogP contribution in [0.4, 0.5) is 10.1 Å². The molecule has 3 aromatic rings. The lowest BCUT2D eigenvalue weighted by molar-refractivity contribution is -0.124. The zero-order valence-corrected chi connectivity index (χ0v) is 15.6. The number of ether oxygens (including phenoxy) is 1. The first-order valence-corrected chi connectivity index (χ1v) is 8.98. The maximum atomic E-state index is 13.0. The van der Waals surface area contributed by atoms with E-state index >= 15 is 0 Å². The molecule has 0 aliphatic carbocycles. The Morgan fingerprint density at radius 1 is 1.14 bits per heavy atom. The number of rotatable bonds is 7. The van der Waals surface area contributed by atoms with Crippen molar-refractivity contribution in [3.8, 4) is 0 Å². The zero-order chi connectivity index (χ0) is 20.8. The first kappa shape index (κ1) is 20.1. The van der Waals surface area contributed by atoms with Crippen molar-refractivity contribution in [2.45, 2.75) is 26.0 Å². The van der Waals surface area contributed by atoms with E-state index in [2.05, 4.69) is 5.32 Å². The van der Waals surface area contributed by atoms with E-state index in [4.69, 9.17) is 9.15 Å². The van der Waals surface area contributed by atoms with Gasteiger partial charge in [-0.05, 0) is 48.9 Å². The molecule has 1 amide bonds. The Labute approximate surface area is 165 Å². The number of benzene rings is 1. The number of halogens is 1. The van der Waals surface area contributed by atoms with Crippen molar-refractivity contribution >= 4 is 17.6 Å². The molecule has 0 unspecified atom stereocenters. The second-order valence-electron chi connectivity index (χ2n) is 6.23. The summed E-state index contributed by atoms with van der Waals surface area (Å²) < 4.78 is 25.1. The van der Waals surface area contributed by atoms with Crippen molar-refractivity contribution in [2.75, 3.05) is 5.32 Å². The summed E-state index contributed by atoms with van der Waals surface area (Å²) in [6.07, 6.45) is 0.805. The molecule has 1 atom stereocenters. The number of carbonyl (C=O) groups excluding carboxylic acids is 2. The number of hydrogen-bond donors (Lipinski definition) is 1. The van der Waals surface area contributed by atoms with Crippen LogP contribution in [0, 0.1) is 5.82 Å². The summed E-state index contributed by atoms with van der Waals surface area (Å²) in [5.74, 6) is -1.42. The molecule has 8 heteroatoms. The first-order chi connectivity index (χ1) is 14.0. The molecular weight excluding hydrogens is 379 g/mol. The molecule has 0 radical (unpaired) electrons. The van der Waals surface area contributed by atoms with Gasteiger partial charge in [-0.25, -0.2) is 9.18 Å². The summed E-state index contributed by atoms with van der Waals surface area (Å²) in [6, 6.07) is 13.0. The number of esters is 1. The minimum Gasteiger partial charge on any atom is -0.452 e. The largest absolute Gasteiger partial charge is 0.452 e. The molecule has 3 rings (SSSR count). The van der Waals surface area contributed by atoms with Crippen LogP contribution in [0.3, 0.4) is 0 Å². The number of pyridine rings is 1. The van der Waals surface area contributed by atoms with Gasteiger partial charge in [0, 0.05) is 18.0 Å². The molecule has 150 valence electrons. The number of nitrogens with one attached hydrogen (secondary N) is 1. The molecule has 0 aliphatic heterocycles. The van der Waals surface area contributed by atoms with Crippen molar-refractivity contribution in [1.82, 2.24) is 4.57 Å². The molecule has 1 N–H and O–H groups in total. The third kappa shape index (κ3) is 5.19.